The lowest BCUT2D eigenvalue weighted by atomic mass is 10.1. The van der Waals surface area contributed by atoms with Crippen LogP contribution in [-0.2, 0) is 11.8 Å². The van der Waals surface area contributed by atoms with Gasteiger partial charge in [-0.25, -0.2) is 4.79 Å². The van der Waals surface area contributed by atoms with E-state index < -0.39 is 5.97 Å². The number of alkyl halides is 1. The summed E-state index contributed by atoms with van der Waals surface area (Å²) in [6.45, 7) is 0. The minimum absolute atomic E-state index is 0.224. The summed E-state index contributed by atoms with van der Waals surface area (Å²) in [6, 6.07) is 0. The number of allylic oxidation sites excluding steroid dienone is 1. The van der Waals surface area contributed by atoms with Gasteiger partial charge in [0.15, 0.2) is 0 Å². The van der Waals surface area contributed by atoms with Crippen molar-refractivity contribution in [2.24, 2.45) is 7.05 Å². The quantitative estimate of drug-likeness (QED) is 0.845. The van der Waals surface area contributed by atoms with Crippen LogP contribution in [0.5, 0.6) is 0 Å². The van der Waals surface area contributed by atoms with Crippen molar-refractivity contribution in [2.45, 2.75) is 10.6 Å². The van der Waals surface area contributed by atoms with Crippen molar-refractivity contribution in [2.75, 3.05) is 0 Å². The van der Waals surface area contributed by atoms with Crippen LogP contribution in [0.15, 0.2) is 17.2 Å². The molecule has 86 valence electrons. The second-order valence-electron chi connectivity index (χ2n) is 3.33. The highest BCUT2D eigenvalue weighted by Gasteiger charge is 2.34. The average Bonchev–Trinajstić information content (AvgIpc) is 2.71. The third kappa shape index (κ3) is 1.95. The third-order valence-electron chi connectivity index (χ3n) is 2.32. The fourth-order valence-corrected chi connectivity index (χ4v) is 3.29. The van der Waals surface area contributed by atoms with Crippen molar-refractivity contribution in [3.8, 4) is 0 Å². The van der Waals surface area contributed by atoms with E-state index in [-0.39, 0.29) is 15.5 Å². The van der Waals surface area contributed by atoms with Crippen LogP contribution in [0, 0.1) is 0 Å². The smallest absolute Gasteiger partial charge is 0.341 e. The van der Waals surface area contributed by atoms with Crippen molar-refractivity contribution in [3.05, 3.63) is 27.9 Å². The highest BCUT2D eigenvalue weighted by atomic mass is 35.5. The van der Waals surface area contributed by atoms with E-state index in [4.69, 9.17) is 28.3 Å². The van der Waals surface area contributed by atoms with E-state index in [1.807, 2.05) is 0 Å². The summed E-state index contributed by atoms with van der Waals surface area (Å²) in [6.07, 6.45) is 3.14. The first-order valence-corrected chi connectivity index (χ1v) is 6.13. The second-order valence-corrected chi connectivity index (χ2v) is 5.65. The van der Waals surface area contributed by atoms with E-state index in [9.17, 15) is 4.79 Å². The van der Waals surface area contributed by atoms with Gasteiger partial charge in [0, 0.05) is 13.0 Å². The van der Waals surface area contributed by atoms with Gasteiger partial charge in [-0.2, -0.15) is 5.10 Å². The molecule has 1 aliphatic heterocycles. The Hall–Kier alpha value is -0.650. The molecule has 2 atom stereocenters. The first-order chi connectivity index (χ1) is 7.50. The van der Waals surface area contributed by atoms with Crippen molar-refractivity contribution < 1.29 is 9.90 Å². The molecule has 16 heavy (non-hydrogen) atoms. The predicted molar refractivity (Wildman–Crippen MR) is 63.9 cm³/mol. The van der Waals surface area contributed by atoms with Crippen LogP contribution in [0.4, 0.5) is 0 Å². The number of carboxylic acids is 1. The Kier molecular flexibility index (Phi) is 3.19. The number of carboxylic acid groups (broad SMARTS) is 1. The van der Waals surface area contributed by atoms with E-state index in [2.05, 4.69) is 5.10 Å². The summed E-state index contributed by atoms with van der Waals surface area (Å²) in [7, 11) is 1.75. The lowest BCUT2D eigenvalue weighted by molar-refractivity contribution is -0.131. The molecule has 2 heterocycles. The van der Waals surface area contributed by atoms with Gasteiger partial charge in [-0.05, 0) is 0 Å². The molecule has 0 aliphatic carbocycles. The highest BCUT2D eigenvalue weighted by molar-refractivity contribution is 8.05. The zero-order chi connectivity index (χ0) is 11.9. The Morgan fingerprint density at radius 3 is 2.81 bits per heavy atom. The molecule has 2 rings (SSSR count). The van der Waals surface area contributed by atoms with Gasteiger partial charge in [0.1, 0.15) is 0 Å². The van der Waals surface area contributed by atoms with E-state index >= 15 is 0 Å². The summed E-state index contributed by atoms with van der Waals surface area (Å²) in [5, 5.41) is 13.4. The van der Waals surface area contributed by atoms with E-state index in [0.717, 1.165) is 17.5 Å². The number of rotatable bonds is 2. The minimum atomic E-state index is -0.962. The number of aliphatic carboxylic acids is 1. The van der Waals surface area contributed by atoms with Gasteiger partial charge in [-0.3, -0.25) is 4.68 Å². The number of halogens is 2. The summed E-state index contributed by atoms with van der Waals surface area (Å²) in [5.41, 5.74) is 0.741. The first kappa shape index (κ1) is 11.8. The van der Waals surface area contributed by atoms with Crippen LogP contribution >= 0.6 is 35.0 Å². The molecule has 4 nitrogen and oxygen atoms in total. The summed E-state index contributed by atoms with van der Waals surface area (Å²) >= 11 is 13.2. The molecule has 0 saturated heterocycles. The van der Waals surface area contributed by atoms with Crippen molar-refractivity contribution >= 4 is 40.9 Å². The summed E-state index contributed by atoms with van der Waals surface area (Å²) < 4.78 is 1.25. The monoisotopic (exact) mass is 278 g/mol. The van der Waals surface area contributed by atoms with E-state index in [1.165, 1.54) is 6.20 Å². The molecule has 7 heteroatoms. The van der Waals surface area contributed by atoms with Gasteiger partial charge >= 0.3 is 5.97 Å². The lowest BCUT2D eigenvalue weighted by Gasteiger charge is -2.12. The van der Waals surface area contributed by atoms with Crippen LogP contribution in [0.1, 0.15) is 11.6 Å². The number of hydrogen-bond acceptors (Lipinski definition) is 3. The fraction of sp³-hybridized carbons (Fsp3) is 0.333. The maximum absolute atomic E-state index is 10.8. The Morgan fingerprint density at radius 2 is 2.38 bits per heavy atom. The molecule has 1 aromatic rings. The largest absolute Gasteiger partial charge is 0.477 e. The van der Waals surface area contributed by atoms with Gasteiger partial charge in [0.2, 0.25) is 0 Å². The molecular formula is C9H8Cl2N2O2S. The fourth-order valence-electron chi connectivity index (χ4n) is 1.59. The lowest BCUT2D eigenvalue weighted by Crippen LogP contribution is -2.09. The highest BCUT2D eigenvalue weighted by Crippen LogP contribution is 2.45. The number of thioether (sulfide) groups is 1. The van der Waals surface area contributed by atoms with Crippen LogP contribution in [0.25, 0.3) is 0 Å². The second kappa shape index (κ2) is 4.31. The number of carbonyl (C=O) groups is 1. The van der Waals surface area contributed by atoms with Crippen LogP contribution < -0.4 is 0 Å². The predicted octanol–water partition coefficient (Wildman–Crippen LogP) is 2.44. The van der Waals surface area contributed by atoms with Gasteiger partial charge in [-0.1, -0.05) is 29.4 Å². The number of nitrogens with zero attached hydrogens (tertiary/aromatic N) is 2. The minimum Gasteiger partial charge on any atom is -0.477 e. The molecule has 0 saturated carbocycles. The molecule has 0 amide bonds. The van der Waals surface area contributed by atoms with Gasteiger partial charge in [-0.15, -0.1) is 11.6 Å². The normalized spacial score (nSPS) is 24.6. The maximum atomic E-state index is 10.8. The van der Waals surface area contributed by atoms with Gasteiger partial charge in [0.05, 0.1) is 26.5 Å². The molecule has 1 aromatic heterocycles. The maximum Gasteiger partial charge on any atom is 0.341 e. The van der Waals surface area contributed by atoms with Gasteiger partial charge < -0.3 is 5.11 Å². The Balaban J connectivity index is 2.39. The number of aromatic nitrogens is 2. The van der Waals surface area contributed by atoms with Crippen molar-refractivity contribution in [1.82, 2.24) is 9.78 Å². The summed E-state index contributed by atoms with van der Waals surface area (Å²) in [5.74, 6) is -1.19. The van der Waals surface area contributed by atoms with Crippen LogP contribution in [0.3, 0.4) is 0 Å². The Bertz CT molecular complexity index is 453. The Morgan fingerprint density at radius 1 is 1.69 bits per heavy atom. The first-order valence-electron chi connectivity index (χ1n) is 4.44. The zero-order valence-corrected chi connectivity index (χ0v) is 10.6. The zero-order valence-electron chi connectivity index (χ0n) is 8.22. The molecular weight excluding hydrogens is 271 g/mol. The van der Waals surface area contributed by atoms with E-state index in [0.29, 0.717) is 5.02 Å². The third-order valence-corrected chi connectivity index (χ3v) is 4.23. The topological polar surface area (TPSA) is 55.1 Å². The van der Waals surface area contributed by atoms with E-state index in [1.54, 1.807) is 17.8 Å². The molecule has 0 aromatic carbocycles. The van der Waals surface area contributed by atoms with Crippen LogP contribution in [0.2, 0.25) is 5.02 Å². The number of aryl methyl sites for hydroxylation is 1. The molecule has 0 radical (unpaired) electrons. The van der Waals surface area contributed by atoms with Crippen LogP contribution in [-0.4, -0.2) is 25.6 Å². The summed E-state index contributed by atoms with van der Waals surface area (Å²) in [4.78, 5) is 11.1. The molecule has 0 spiro atoms. The van der Waals surface area contributed by atoms with Gasteiger partial charge in [0.25, 0.3) is 0 Å². The molecule has 1 N–H and O–H groups in total. The molecule has 2 unspecified atom stereocenters. The standard InChI is InChI=1S/C9H8Cl2N2O2S/c1-13-7(5(10)3-12-13)4-2-6(9(14)15)16-8(4)11/h2-4,8H,1H3,(H,14,15). The molecule has 0 fully saturated rings. The average molecular weight is 279 g/mol. The van der Waals surface area contributed by atoms with Crippen molar-refractivity contribution in [1.29, 1.82) is 0 Å². The van der Waals surface area contributed by atoms with Crippen molar-refractivity contribution in [3.63, 3.8) is 0 Å². The Labute approximate surface area is 106 Å². The molecule has 1 aliphatic rings. The number of hydrogen-bond donors (Lipinski definition) is 1. The molecule has 0 bridgehead atoms. The SMILES string of the molecule is Cn1ncc(Cl)c1C1C=C(C(=O)O)SC1Cl.